The number of hydrogen-bond donors (Lipinski definition) is 1. The molecule has 2 fully saturated rings. The van der Waals surface area contributed by atoms with Crippen molar-refractivity contribution < 1.29 is 19.4 Å². The smallest absolute Gasteiger partial charge is 0.338 e. The molecule has 4 heteroatoms. The van der Waals surface area contributed by atoms with E-state index in [2.05, 4.69) is 0 Å². The van der Waals surface area contributed by atoms with E-state index in [9.17, 15) is 14.7 Å². The number of fused-ring (bicyclic) bond motifs is 1. The Kier molecular flexibility index (Phi) is 5.08. The molecule has 23 heavy (non-hydrogen) atoms. The van der Waals surface area contributed by atoms with Crippen LogP contribution >= 0.6 is 0 Å². The summed E-state index contributed by atoms with van der Waals surface area (Å²) in [4.78, 5) is 24.4. The molecule has 0 aromatic heterocycles. The predicted molar refractivity (Wildman–Crippen MR) is 86.9 cm³/mol. The average molecular weight is 320 g/mol. The zero-order chi connectivity index (χ0) is 16.4. The number of ether oxygens (including phenoxy) is 1. The second-order valence-electron chi connectivity index (χ2n) is 7.54. The molecule has 0 radical (unpaired) electrons. The molecule has 0 amide bonds. The first-order valence-corrected chi connectivity index (χ1v) is 9.21. The minimum atomic E-state index is -0.373. The van der Waals surface area contributed by atoms with E-state index in [0.29, 0.717) is 17.9 Å². The highest BCUT2D eigenvalue weighted by Crippen LogP contribution is 2.43. The summed E-state index contributed by atoms with van der Waals surface area (Å²) in [5.74, 6) is 0.0554. The van der Waals surface area contributed by atoms with E-state index < -0.39 is 0 Å². The van der Waals surface area contributed by atoms with E-state index >= 15 is 0 Å². The van der Waals surface area contributed by atoms with Gasteiger partial charge in [0.1, 0.15) is 17.6 Å². The number of carbonyl (C=O) groups excluding carboxylic acids is 2. The number of ketones is 1. The van der Waals surface area contributed by atoms with Crippen molar-refractivity contribution in [3.8, 4) is 0 Å². The molecule has 4 nitrogen and oxygen atoms in total. The lowest BCUT2D eigenvalue weighted by molar-refractivity contribution is -0.153. The van der Waals surface area contributed by atoms with Gasteiger partial charge in [0, 0.05) is 12.3 Å². The first kappa shape index (κ1) is 16.5. The number of Topliss-reactive ketones (excluding diaryl/α,β-unsaturated/α-hetero) is 1. The van der Waals surface area contributed by atoms with Crippen LogP contribution in [-0.4, -0.2) is 23.0 Å². The van der Waals surface area contributed by atoms with Gasteiger partial charge in [0.2, 0.25) is 0 Å². The van der Waals surface area contributed by atoms with Gasteiger partial charge in [-0.3, -0.25) is 0 Å². The van der Waals surface area contributed by atoms with Crippen LogP contribution in [0, 0.1) is 17.8 Å². The molecular weight excluding hydrogens is 292 g/mol. The lowest BCUT2D eigenvalue weighted by atomic mass is 9.71. The van der Waals surface area contributed by atoms with Crippen LogP contribution in [0.25, 0.3) is 0 Å². The lowest BCUT2D eigenvalue weighted by Crippen LogP contribution is -2.40. The Hall–Kier alpha value is -1.32. The molecule has 3 aliphatic rings. The summed E-state index contributed by atoms with van der Waals surface area (Å²) in [5, 5.41) is 10.8. The number of rotatable bonds is 4. The molecule has 0 aromatic carbocycles. The van der Waals surface area contributed by atoms with Crippen molar-refractivity contribution in [2.75, 3.05) is 0 Å². The first-order chi connectivity index (χ1) is 11.1. The van der Waals surface area contributed by atoms with Crippen LogP contribution in [0.15, 0.2) is 11.3 Å². The Balaban J connectivity index is 1.91. The fraction of sp³-hybridized carbons (Fsp3) is 0.789. The van der Waals surface area contributed by atoms with Crippen molar-refractivity contribution in [3.05, 3.63) is 11.3 Å². The minimum Gasteiger partial charge on any atom is -0.511 e. The van der Waals surface area contributed by atoms with E-state index in [4.69, 9.17) is 4.74 Å². The van der Waals surface area contributed by atoms with E-state index in [0.717, 1.165) is 51.4 Å². The topological polar surface area (TPSA) is 63.6 Å². The van der Waals surface area contributed by atoms with Crippen molar-refractivity contribution in [1.82, 2.24) is 0 Å². The van der Waals surface area contributed by atoms with Gasteiger partial charge in [-0.2, -0.15) is 0 Å². The third-order valence-corrected chi connectivity index (χ3v) is 5.91. The molecule has 3 atom stereocenters. The molecule has 3 rings (SSSR count). The maximum Gasteiger partial charge on any atom is 0.338 e. The van der Waals surface area contributed by atoms with Gasteiger partial charge < -0.3 is 14.6 Å². The van der Waals surface area contributed by atoms with Gasteiger partial charge in [0.05, 0.1) is 11.5 Å². The molecule has 1 heterocycles. The van der Waals surface area contributed by atoms with Gasteiger partial charge in [0.25, 0.3) is 0 Å². The highest BCUT2D eigenvalue weighted by atomic mass is 16.5. The van der Waals surface area contributed by atoms with E-state index in [1.54, 1.807) is 6.92 Å². The summed E-state index contributed by atoms with van der Waals surface area (Å²) in [7, 11) is 0. The maximum atomic E-state index is 12.6. The van der Waals surface area contributed by atoms with Gasteiger partial charge in [-0.05, 0) is 44.9 Å². The molecule has 0 aromatic rings. The molecular formula is C19H28O4. The van der Waals surface area contributed by atoms with E-state index in [1.165, 1.54) is 6.42 Å². The molecule has 2 aliphatic carbocycles. The molecule has 2 saturated carbocycles. The molecule has 128 valence electrons. The third kappa shape index (κ3) is 3.46. The van der Waals surface area contributed by atoms with Crippen molar-refractivity contribution >= 4 is 11.8 Å². The number of aliphatic hydroxyl groups is 1. The second kappa shape index (κ2) is 7.06. The highest BCUT2D eigenvalue weighted by molar-refractivity contribution is 5.92. The first-order valence-electron chi connectivity index (χ1n) is 9.21. The summed E-state index contributed by atoms with van der Waals surface area (Å²) in [6, 6.07) is 0. The van der Waals surface area contributed by atoms with E-state index in [1.807, 2.05) is 0 Å². The summed E-state index contributed by atoms with van der Waals surface area (Å²) in [5.41, 5.74) is 0.426. The van der Waals surface area contributed by atoms with Crippen LogP contribution in [0.2, 0.25) is 0 Å². The van der Waals surface area contributed by atoms with Crippen LogP contribution in [0.1, 0.15) is 71.1 Å². The van der Waals surface area contributed by atoms with Gasteiger partial charge in [-0.1, -0.05) is 25.7 Å². The summed E-state index contributed by atoms with van der Waals surface area (Å²) in [6.45, 7) is 1.57. The van der Waals surface area contributed by atoms with E-state index in [-0.39, 0.29) is 35.5 Å². The Morgan fingerprint density at radius 3 is 2.48 bits per heavy atom. The number of aliphatic hydroxyl groups excluding tert-OH is 1. The molecule has 0 saturated heterocycles. The minimum absolute atomic E-state index is 0.0468. The maximum absolute atomic E-state index is 12.6. The quantitative estimate of drug-likeness (QED) is 0.792. The molecule has 0 spiro atoms. The van der Waals surface area contributed by atoms with Crippen LogP contribution < -0.4 is 0 Å². The Labute approximate surface area is 138 Å². The van der Waals surface area contributed by atoms with Gasteiger partial charge in [0.15, 0.2) is 0 Å². The van der Waals surface area contributed by atoms with Crippen LogP contribution in [0.4, 0.5) is 0 Å². The fourth-order valence-corrected chi connectivity index (χ4v) is 4.75. The van der Waals surface area contributed by atoms with Crippen LogP contribution in [-0.2, 0) is 14.3 Å². The number of carbonyl (C=O) groups is 2. The zero-order valence-electron chi connectivity index (χ0n) is 14.1. The molecule has 0 bridgehead atoms. The van der Waals surface area contributed by atoms with Crippen molar-refractivity contribution in [3.63, 3.8) is 0 Å². The zero-order valence-corrected chi connectivity index (χ0v) is 14.1. The van der Waals surface area contributed by atoms with Crippen LogP contribution in [0.3, 0.4) is 0 Å². The van der Waals surface area contributed by atoms with Crippen molar-refractivity contribution in [1.29, 1.82) is 0 Å². The number of esters is 1. The molecule has 1 N–H and O–H groups in total. The number of hydrogen-bond acceptors (Lipinski definition) is 4. The fourth-order valence-electron chi connectivity index (χ4n) is 4.75. The Morgan fingerprint density at radius 1 is 1.13 bits per heavy atom. The van der Waals surface area contributed by atoms with Crippen molar-refractivity contribution in [2.45, 2.75) is 77.2 Å². The average Bonchev–Trinajstić information content (AvgIpc) is 2.54. The molecule has 1 aliphatic heterocycles. The van der Waals surface area contributed by atoms with Crippen molar-refractivity contribution in [2.24, 2.45) is 17.8 Å². The summed E-state index contributed by atoms with van der Waals surface area (Å²) >= 11 is 0. The second-order valence-corrected chi connectivity index (χ2v) is 7.54. The van der Waals surface area contributed by atoms with Gasteiger partial charge >= 0.3 is 5.97 Å². The Morgan fingerprint density at radius 2 is 1.78 bits per heavy atom. The largest absolute Gasteiger partial charge is 0.511 e. The Bertz CT molecular complexity index is 501. The standard InChI is InChI=1S/C19H28O4/c1-12(20)11-15(13-7-3-2-4-8-13)17-18(21)14-9-5-6-10-16(14)23-19(17)22/h13-16,21H,2-11H2,1H3. The summed E-state index contributed by atoms with van der Waals surface area (Å²) < 4.78 is 5.66. The SMILES string of the molecule is CC(=O)CC(C1=C(O)C2CCCCC2OC1=O)C1CCCCC1. The normalized spacial score (nSPS) is 30.6. The van der Waals surface area contributed by atoms with Crippen LogP contribution in [0.5, 0.6) is 0 Å². The predicted octanol–water partition coefficient (Wildman–Crippen LogP) is 4.09. The lowest BCUT2D eigenvalue weighted by Gasteiger charge is -2.39. The third-order valence-electron chi connectivity index (χ3n) is 5.91. The van der Waals surface area contributed by atoms with Gasteiger partial charge in [-0.25, -0.2) is 4.79 Å². The monoisotopic (exact) mass is 320 g/mol. The molecule has 3 unspecified atom stereocenters. The highest BCUT2D eigenvalue weighted by Gasteiger charge is 2.43. The van der Waals surface area contributed by atoms with Gasteiger partial charge in [-0.15, -0.1) is 0 Å². The summed E-state index contributed by atoms with van der Waals surface area (Å²) in [6.07, 6.45) is 9.62.